The molecular weight excluding hydrogens is 215 g/mol. The van der Waals surface area contributed by atoms with E-state index in [4.69, 9.17) is 10.0 Å². The van der Waals surface area contributed by atoms with E-state index in [2.05, 4.69) is 0 Å². The fourth-order valence-electron chi connectivity index (χ4n) is 1.56. The fraction of sp³-hybridized carbons (Fsp3) is 0.333. The maximum Gasteiger partial charge on any atom is 0.488 e. The zero-order valence-corrected chi connectivity index (χ0v) is 9.67. The molecule has 0 aliphatic heterocycles. The van der Waals surface area contributed by atoms with Gasteiger partial charge in [0.05, 0.1) is 4.90 Å². The van der Waals surface area contributed by atoms with Gasteiger partial charge in [-0.05, 0) is 42.6 Å². The Morgan fingerprint density at radius 3 is 1.80 bits per heavy atom. The van der Waals surface area contributed by atoms with Gasteiger partial charge in [-0.3, -0.25) is 0 Å². The molecule has 82 valence electrons. The van der Waals surface area contributed by atoms with Crippen LogP contribution in [0.2, 0.25) is 0 Å². The standard InChI is InChI=1S/C9H13BO4S/c1-6-4-8(15(3,13)14)5-7(2)9(6)10(11)12/h4-5,11-12H,1-3H3. The Bertz CT molecular complexity index is 456. The predicted molar refractivity (Wildman–Crippen MR) is 58.9 cm³/mol. The molecule has 0 aromatic heterocycles. The summed E-state index contributed by atoms with van der Waals surface area (Å²) in [5.74, 6) is 0. The van der Waals surface area contributed by atoms with Crippen LogP contribution in [-0.4, -0.2) is 31.8 Å². The van der Waals surface area contributed by atoms with Crippen LogP contribution in [0.3, 0.4) is 0 Å². The highest BCUT2D eigenvalue weighted by molar-refractivity contribution is 7.90. The molecular formula is C9H13BO4S. The van der Waals surface area contributed by atoms with Gasteiger partial charge in [-0.1, -0.05) is 0 Å². The lowest BCUT2D eigenvalue weighted by Gasteiger charge is -2.10. The Balaban J connectivity index is 3.45. The lowest BCUT2D eigenvalue weighted by atomic mass is 9.74. The molecule has 15 heavy (non-hydrogen) atoms. The van der Waals surface area contributed by atoms with Crippen LogP contribution in [0.25, 0.3) is 0 Å². The van der Waals surface area contributed by atoms with Crippen molar-refractivity contribution in [2.75, 3.05) is 6.26 Å². The van der Waals surface area contributed by atoms with E-state index in [0.717, 1.165) is 6.26 Å². The molecule has 0 heterocycles. The molecule has 1 rings (SSSR count). The predicted octanol–water partition coefficient (Wildman–Crippen LogP) is -0.613. The average molecular weight is 228 g/mol. The van der Waals surface area contributed by atoms with Gasteiger partial charge in [0.2, 0.25) is 0 Å². The van der Waals surface area contributed by atoms with Crippen LogP contribution in [0.5, 0.6) is 0 Å². The van der Waals surface area contributed by atoms with E-state index in [-0.39, 0.29) is 4.90 Å². The summed E-state index contributed by atoms with van der Waals surface area (Å²) in [7, 11) is -4.82. The molecule has 0 atom stereocenters. The van der Waals surface area contributed by atoms with Crippen molar-refractivity contribution in [3.05, 3.63) is 23.3 Å². The zero-order valence-electron chi connectivity index (χ0n) is 8.85. The highest BCUT2D eigenvalue weighted by Gasteiger charge is 2.19. The summed E-state index contributed by atoms with van der Waals surface area (Å²) in [4.78, 5) is 0.196. The molecule has 1 aromatic carbocycles. The monoisotopic (exact) mass is 228 g/mol. The van der Waals surface area contributed by atoms with Crippen LogP contribution in [0.4, 0.5) is 0 Å². The lowest BCUT2D eigenvalue weighted by Crippen LogP contribution is -2.34. The molecule has 4 nitrogen and oxygen atoms in total. The third kappa shape index (κ3) is 2.59. The van der Waals surface area contributed by atoms with Gasteiger partial charge in [-0.25, -0.2) is 8.42 Å². The minimum absolute atomic E-state index is 0.196. The van der Waals surface area contributed by atoms with Crippen LogP contribution < -0.4 is 5.46 Å². The first kappa shape index (κ1) is 12.2. The Labute approximate surface area is 89.6 Å². The normalized spacial score (nSPS) is 11.5. The molecule has 0 amide bonds. The second kappa shape index (κ2) is 3.96. The molecule has 0 spiro atoms. The third-order valence-electron chi connectivity index (χ3n) is 2.25. The third-order valence-corrected chi connectivity index (χ3v) is 3.35. The molecule has 6 heteroatoms. The summed E-state index contributed by atoms with van der Waals surface area (Å²) < 4.78 is 22.6. The molecule has 2 N–H and O–H groups in total. The van der Waals surface area contributed by atoms with Gasteiger partial charge < -0.3 is 10.0 Å². The van der Waals surface area contributed by atoms with Crippen LogP contribution >= 0.6 is 0 Å². The Morgan fingerprint density at radius 2 is 1.53 bits per heavy atom. The Kier molecular flexibility index (Phi) is 3.23. The van der Waals surface area contributed by atoms with Crippen LogP contribution in [0, 0.1) is 13.8 Å². The Morgan fingerprint density at radius 1 is 1.13 bits per heavy atom. The van der Waals surface area contributed by atoms with Crippen molar-refractivity contribution < 1.29 is 18.5 Å². The number of aryl methyl sites for hydroxylation is 2. The van der Waals surface area contributed by atoms with Gasteiger partial charge in [-0.2, -0.15) is 0 Å². The maximum atomic E-state index is 11.3. The summed E-state index contributed by atoms with van der Waals surface area (Å²) >= 11 is 0. The molecule has 1 aromatic rings. The van der Waals surface area contributed by atoms with Gasteiger partial charge in [0.15, 0.2) is 9.84 Å². The molecule has 0 saturated heterocycles. The summed E-state index contributed by atoms with van der Waals surface area (Å²) in [6.45, 7) is 3.30. The molecule has 0 fully saturated rings. The van der Waals surface area contributed by atoms with Crippen molar-refractivity contribution in [2.24, 2.45) is 0 Å². The van der Waals surface area contributed by atoms with E-state index in [9.17, 15) is 8.42 Å². The first-order chi connectivity index (χ1) is 6.73. The summed E-state index contributed by atoms with van der Waals surface area (Å²) in [5.41, 5.74) is 1.48. The van der Waals surface area contributed by atoms with Gasteiger partial charge in [0, 0.05) is 6.26 Å². The van der Waals surface area contributed by atoms with Crippen LogP contribution in [0.15, 0.2) is 17.0 Å². The molecule has 0 bridgehead atoms. The highest BCUT2D eigenvalue weighted by Crippen LogP contribution is 2.12. The van der Waals surface area contributed by atoms with Crippen molar-refractivity contribution in [1.29, 1.82) is 0 Å². The van der Waals surface area contributed by atoms with E-state index in [1.54, 1.807) is 13.8 Å². The highest BCUT2D eigenvalue weighted by atomic mass is 32.2. The number of hydrogen-bond donors (Lipinski definition) is 2. The number of hydrogen-bond acceptors (Lipinski definition) is 4. The topological polar surface area (TPSA) is 74.6 Å². The van der Waals surface area contributed by atoms with Crippen LogP contribution in [0.1, 0.15) is 11.1 Å². The quantitative estimate of drug-likeness (QED) is 0.662. The molecule has 0 saturated carbocycles. The SMILES string of the molecule is Cc1cc(S(C)(=O)=O)cc(C)c1B(O)O. The molecule has 0 unspecified atom stereocenters. The van der Waals surface area contributed by atoms with Gasteiger partial charge >= 0.3 is 7.12 Å². The van der Waals surface area contributed by atoms with Crippen molar-refractivity contribution in [3.8, 4) is 0 Å². The van der Waals surface area contributed by atoms with E-state index < -0.39 is 17.0 Å². The van der Waals surface area contributed by atoms with Gasteiger partial charge in [0.1, 0.15) is 0 Å². The molecule has 0 aliphatic carbocycles. The lowest BCUT2D eigenvalue weighted by molar-refractivity contribution is 0.425. The van der Waals surface area contributed by atoms with E-state index in [1.165, 1.54) is 12.1 Å². The molecule has 0 aliphatic rings. The second-order valence-corrected chi connectivity index (χ2v) is 5.63. The second-order valence-electron chi connectivity index (χ2n) is 3.62. The van der Waals surface area contributed by atoms with Crippen molar-refractivity contribution in [1.82, 2.24) is 0 Å². The minimum Gasteiger partial charge on any atom is -0.423 e. The summed E-state index contributed by atoms with van der Waals surface area (Å²) in [5, 5.41) is 18.2. The van der Waals surface area contributed by atoms with E-state index in [0.29, 0.717) is 16.6 Å². The Hall–Kier alpha value is -0.845. The first-order valence-electron chi connectivity index (χ1n) is 4.41. The molecule has 0 radical (unpaired) electrons. The number of sulfone groups is 1. The van der Waals surface area contributed by atoms with E-state index >= 15 is 0 Å². The summed E-state index contributed by atoms with van der Waals surface area (Å²) in [6, 6.07) is 2.88. The zero-order chi connectivity index (χ0) is 11.8. The smallest absolute Gasteiger partial charge is 0.423 e. The number of benzene rings is 1. The maximum absolute atomic E-state index is 11.3. The van der Waals surface area contributed by atoms with Gasteiger partial charge in [0.25, 0.3) is 0 Å². The van der Waals surface area contributed by atoms with Crippen molar-refractivity contribution in [3.63, 3.8) is 0 Å². The summed E-state index contributed by atoms with van der Waals surface area (Å²) in [6.07, 6.45) is 1.12. The number of rotatable bonds is 2. The van der Waals surface area contributed by atoms with Crippen molar-refractivity contribution in [2.45, 2.75) is 18.7 Å². The minimum atomic E-state index is -3.25. The fourth-order valence-corrected chi connectivity index (χ4v) is 2.34. The van der Waals surface area contributed by atoms with Crippen LogP contribution in [-0.2, 0) is 9.84 Å². The van der Waals surface area contributed by atoms with Gasteiger partial charge in [-0.15, -0.1) is 0 Å². The average Bonchev–Trinajstić information content (AvgIpc) is 1.99. The van der Waals surface area contributed by atoms with Crippen molar-refractivity contribution >= 4 is 22.4 Å². The first-order valence-corrected chi connectivity index (χ1v) is 6.30. The largest absolute Gasteiger partial charge is 0.488 e. The van der Waals surface area contributed by atoms with E-state index in [1.807, 2.05) is 0 Å².